The standard InChI is InChI=1S/C9H12BrClN2O2S2/c1-6-5-12-2-3-13(6)17(14,15)8-4-7(11)9(10)16-8/h4,6,12H,2-3,5H2,1H3. The van der Waals surface area contributed by atoms with Gasteiger partial charge in [0.25, 0.3) is 10.0 Å². The van der Waals surface area contributed by atoms with E-state index in [1.807, 2.05) is 6.92 Å². The van der Waals surface area contributed by atoms with Gasteiger partial charge in [-0.05, 0) is 28.9 Å². The molecule has 8 heteroatoms. The summed E-state index contributed by atoms with van der Waals surface area (Å²) in [6, 6.07) is 1.47. The number of hydrogen-bond acceptors (Lipinski definition) is 4. The lowest BCUT2D eigenvalue weighted by Gasteiger charge is -2.32. The molecule has 0 radical (unpaired) electrons. The van der Waals surface area contributed by atoms with Crippen LogP contribution in [0.4, 0.5) is 0 Å². The van der Waals surface area contributed by atoms with Gasteiger partial charge in [0, 0.05) is 25.7 Å². The van der Waals surface area contributed by atoms with Gasteiger partial charge in [0.15, 0.2) is 0 Å². The van der Waals surface area contributed by atoms with Crippen LogP contribution in [-0.4, -0.2) is 38.4 Å². The van der Waals surface area contributed by atoms with Crippen LogP contribution < -0.4 is 5.32 Å². The van der Waals surface area contributed by atoms with Gasteiger partial charge in [0.05, 0.1) is 8.81 Å². The van der Waals surface area contributed by atoms with Crippen molar-refractivity contribution in [3.63, 3.8) is 0 Å². The molecule has 1 atom stereocenters. The van der Waals surface area contributed by atoms with Gasteiger partial charge < -0.3 is 5.32 Å². The van der Waals surface area contributed by atoms with Gasteiger partial charge in [0.2, 0.25) is 0 Å². The van der Waals surface area contributed by atoms with Crippen LogP contribution in [0.25, 0.3) is 0 Å². The summed E-state index contributed by atoms with van der Waals surface area (Å²) in [6.07, 6.45) is 0. The van der Waals surface area contributed by atoms with Crippen LogP contribution in [0.15, 0.2) is 14.1 Å². The Bertz CT molecular complexity index is 498. The first-order valence-electron chi connectivity index (χ1n) is 5.10. The van der Waals surface area contributed by atoms with Crippen molar-refractivity contribution in [2.75, 3.05) is 19.6 Å². The molecule has 2 heterocycles. The number of thiophene rings is 1. The molecule has 0 aliphatic carbocycles. The van der Waals surface area contributed by atoms with Gasteiger partial charge in [-0.15, -0.1) is 11.3 Å². The summed E-state index contributed by atoms with van der Waals surface area (Å²) in [5, 5.41) is 3.61. The fourth-order valence-corrected chi connectivity index (χ4v) is 5.91. The maximum Gasteiger partial charge on any atom is 0.252 e. The topological polar surface area (TPSA) is 49.4 Å². The molecular formula is C9H12BrClN2O2S2. The number of nitrogens with one attached hydrogen (secondary N) is 1. The molecule has 1 unspecified atom stereocenters. The number of nitrogens with zero attached hydrogens (tertiary/aromatic N) is 1. The maximum atomic E-state index is 12.4. The van der Waals surface area contributed by atoms with E-state index in [1.54, 1.807) is 0 Å². The summed E-state index contributed by atoms with van der Waals surface area (Å²) in [7, 11) is -3.42. The van der Waals surface area contributed by atoms with E-state index in [1.165, 1.54) is 10.4 Å². The SMILES string of the molecule is CC1CNCCN1S(=O)(=O)c1cc(Cl)c(Br)s1. The van der Waals surface area contributed by atoms with Crippen molar-refractivity contribution in [3.05, 3.63) is 14.9 Å². The summed E-state index contributed by atoms with van der Waals surface area (Å²) >= 11 is 10.3. The van der Waals surface area contributed by atoms with Crippen molar-refractivity contribution in [1.82, 2.24) is 9.62 Å². The van der Waals surface area contributed by atoms with Gasteiger partial charge in [-0.1, -0.05) is 11.6 Å². The smallest absolute Gasteiger partial charge is 0.252 e. The first-order valence-corrected chi connectivity index (χ1v) is 8.53. The number of piperazine rings is 1. The summed E-state index contributed by atoms with van der Waals surface area (Å²) < 4.78 is 27.3. The predicted octanol–water partition coefficient (Wildman–Crippen LogP) is 2.15. The lowest BCUT2D eigenvalue weighted by Crippen LogP contribution is -2.51. The summed E-state index contributed by atoms with van der Waals surface area (Å²) in [4.78, 5) is 0. The van der Waals surface area contributed by atoms with E-state index in [2.05, 4.69) is 21.2 Å². The first kappa shape index (κ1) is 13.8. The minimum Gasteiger partial charge on any atom is -0.314 e. The second-order valence-corrected chi connectivity index (χ2v) is 8.75. The zero-order chi connectivity index (χ0) is 12.6. The molecule has 1 aliphatic rings. The van der Waals surface area contributed by atoms with Crippen LogP contribution >= 0.6 is 38.9 Å². The Morgan fingerprint density at radius 3 is 2.88 bits per heavy atom. The minimum absolute atomic E-state index is 0.0339. The lowest BCUT2D eigenvalue weighted by atomic mass is 10.3. The molecule has 0 bridgehead atoms. The third kappa shape index (κ3) is 2.69. The van der Waals surface area contributed by atoms with Crippen LogP contribution in [0.1, 0.15) is 6.92 Å². The Morgan fingerprint density at radius 1 is 1.65 bits per heavy atom. The molecule has 17 heavy (non-hydrogen) atoms. The largest absolute Gasteiger partial charge is 0.314 e. The molecule has 2 rings (SSSR count). The fraction of sp³-hybridized carbons (Fsp3) is 0.556. The number of rotatable bonds is 2. The van der Waals surface area contributed by atoms with Crippen LogP contribution in [0.5, 0.6) is 0 Å². The molecular weight excluding hydrogens is 348 g/mol. The number of halogens is 2. The molecule has 1 N–H and O–H groups in total. The predicted molar refractivity (Wildman–Crippen MR) is 73.3 cm³/mol. The average molecular weight is 360 g/mol. The molecule has 1 aliphatic heterocycles. The van der Waals surface area contributed by atoms with E-state index < -0.39 is 10.0 Å². The third-order valence-electron chi connectivity index (χ3n) is 2.63. The highest BCUT2D eigenvalue weighted by molar-refractivity contribution is 9.11. The van der Waals surface area contributed by atoms with Gasteiger partial charge in [-0.3, -0.25) is 0 Å². The van der Waals surface area contributed by atoms with Crippen LogP contribution in [0.3, 0.4) is 0 Å². The van der Waals surface area contributed by atoms with E-state index in [0.717, 1.165) is 11.3 Å². The van der Waals surface area contributed by atoms with Crippen molar-refractivity contribution in [1.29, 1.82) is 0 Å². The molecule has 1 aromatic heterocycles. The van der Waals surface area contributed by atoms with E-state index in [-0.39, 0.29) is 6.04 Å². The minimum atomic E-state index is -3.42. The molecule has 0 amide bonds. The van der Waals surface area contributed by atoms with Gasteiger partial charge in [-0.2, -0.15) is 4.31 Å². The molecule has 1 aromatic rings. The second-order valence-electron chi connectivity index (χ2n) is 3.86. The normalized spacial score (nSPS) is 22.9. The highest BCUT2D eigenvalue weighted by Gasteiger charge is 2.32. The van der Waals surface area contributed by atoms with E-state index in [4.69, 9.17) is 11.6 Å². The van der Waals surface area contributed by atoms with Gasteiger partial charge >= 0.3 is 0 Å². The van der Waals surface area contributed by atoms with Gasteiger partial charge in [0.1, 0.15) is 4.21 Å². The molecule has 0 aromatic carbocycles. The van der Waals surface area contributed by atoms with Crippen molar-refractivity contribution in [3.8, 4) is 0 Å². The zero-order valence-corrected chi connectivity index (χ0v) is 13.1. The highest BCUT2D eigenvalue weighted by atomic mass is 79.9. The second kappa shape index (κ2) is 5.14. The van der Waals surface area contributed by atoms with Crippen molar-refractivity contribution >= 4 is 48.9 Å². The van der Waals surface area contributed by atoms with Crippen molar-refractivity contribution in [2.45, 2.75) is 17.2 Å². The van der Waals surface area contributed by atoms with Crippen LogP contribution in [0.2, 0.25) is 5.02 Å². The average Bonchev–Trinajstić information content (AvgIpc) is 2.60. The van der Waals surface area contributed by atoms with Crippen molar-refractivity contribution in [2.24, 2.45) is 0 Å². The Hall–Kier alpha value is 0.340. The molecule has 1 fully saturated rings. The Labute approximate surface area is 118 Å². The quantitative estimate of drug-likeness (QED) is 0.880. The lowest BCUT2D eigenvalue weighted by molar-refractivity contribution is 0.284. The van der Waals surface area contributed by atoms with Crippen molar-refractivity contribution < 1.29 is 8.42 Å². The number of sulfonamides is 1. The summed E-state index contributed by atoms with van der Waals surface area (Å²) in [5.41, 5.74) is 0. The van der Waals surface area contributed by atoms with Crippen LogP contribution in [0, 0.1) is 0 Å². The molecule has 0 saturated carbocycles. The monoisotopic (exact) mass is 358 g/mol. The van der Waals surface area contributed by atoms with E-state index in [0.29, 0.717) is 32.7 Å². The van der Waals surface area contributed by atoms with E-state index in [9.17, 15) is 8.42 Å². The Balaban J connectivity index is 2.35. The summed E-state index contributed by atoms with van der Waals surface area (Å²) in [6.45, 7) is 3.76. The van der Waals surface area contributed by atoms with Gasteiger partial charge in [-0.25, -0.2) is 8.42 Å². The van der Waals surface area contributed by atoms with Crippen LogP contribution in [-0.2, 0) is 10.0 Å². The first-order chi connectivity index (χ1) is 7.93. The fourth-order valence-electron chi connectivity index (χ4n) is 1.75. The molecule has 4 nitrogen and oxygen atoms in total. The maximum absolute atomic E-state index is 12.4. The van der Waals surface area contributed by atoms with E-state index >= 15 is 0 Å². The summed E-state index contributed by atoms with van der Waals surface area (Å²) in [5.74, 6) is 0. The highest BCUT2D eigenvalue weighted by Crippen LogP contribution is 2.36. The number of hydrogen-bond donors (Lipinski definition) is 1. The molecule has 96 valence electrons. The third-order valence-corrected chi connectivity index (χ3v) is 7.56. The zero-order valence-electron chi connectivity index (χ0n) is 9.11. The Kier molecular flexibility index (Phi) is 4.16. The molecule has 0 spiro atoms. The molecule has 1 saturated heterocycles. The Morgan fingerprint density at radius 2 is 2.35 bits per heavy atom.